The summed E-state index contributed by atoms with van der Waals surface area (Å²) >= 11 is 15.2. The van der Waals surface area contributed by atoms with Gasteiger partial charge in [0.25, 0.3) is 0 Å². The number of benzene rings is 2. The van der Waals surface area contributed by atoms with Crippen molar-refractivity contribution in [2.75, 3.05) is 0 Å². The number of carbonyl (C=O) groups is 1. The van der Waals surface area contributed by atoms with Crippen LogP contribution in [-0.2, 0) is 0 Å². The average Bonchev–Trinajstić information content (AvgIpc) is 2.42. The maximum atomic E-state index is 12.5. The molecule has 0 spiro atoms. The quantitative estimate of drug-likeness (QED) is 0.694. The standard InChI is InChI=1S/C15H8BrCl2NO/c16-10-3-1-2-9(6-10)13(8-19)15(20)12-7-11(17)4-5-14(12)18/h1-7,13H. The van der Waals surface area contributed by atoms with Crippen LogP contribution >= 0.6 is 39.1 Å². The molecule has 100 valence electrons. The van der Waals surface area contributed by atoms with E-state index in [0.29, 0.717) is 10.6 Å². The van der Waals surface area contributed by atoms with Gasteiger partial charge in [-0.1, -0.05) is 51.3 Å². The minimum absolute atomic E-state index is 0.255. The van der Waals surface area contributed by atoms with Crippen molar-refractivity contribution in [3.8, 4) is 6.07 Å². The molecule has 0 amide bonds. The molecule has 0 aliphatic heterocycles. The van der Waals surface area contributed by atoms with Gasteiger partial charge in [-0.05, 0) is 35.9 Å². The number of carbonyl (C=O) groups excluding carboxylic acids is 1. The summed E-state index contributed by atoms with van der Waals surface area (Å²) in [7, 11) is 0. The van der Waals surface area contributed by atoms with E-state index in [2.05, 4.69) is 15.9 Å². The van der Waals surface area contributed by atoms with Gasteiger partial charge in [-0.25, -0.2) is 0 Å². The number of nitriles is 1. The highest BCUT2D eigenvalue weighted by atomic mass is 79.9. The second kappa shape index (κ2) is 6.41. The highest BCUT2D eigenvalue weighted by molar-refractivity contribution is 9.10. The number of nitrogens with zero attached hydrogens (tertiary/aromatic N) is 1. The van der Waals surface area contributed by atoms with Crippen LogP contribution in [0.25, 0.3) is 0 Å². The van der Waals surface area contributed by atoms with Crippen molar-refractivity contribution in [1.29, 1.82) is 5.26 Å². The zero-order valence-electron chi connectivity index (χ0n) is 10.1. The maximum absolute atomic E-state index is 12.5. The Morgan fingerprint density at radius 3 is 2.60 bits per heavy atom. The molecule has 20 heavy (non-hydrogen) atoms. The van der Waals surface area contributed by atoms with E-state index < -0.39 is 5.92 Å². The van der Waals surface area contributed by atoms with E-state index in [-0.39, 0.29) is 16.4 Å². The van der Waals surface area contributed by atoms with Crippen LogP contribution in [0.3, 0.4) is 0 Å². The number of ketones is 1. The topological polar surface area (TPSA) is 40.9 Å². The normalized spacial score (nSPS) is 11.7. The number of hydrogen-bond acceptors (Lipinski definition) is 2. The van der Waals surface area contributed by atoms with Crippen LogP contribution in [0, 0.1) is 11.3 Å². The second-order valence-electron chi connectivity index (χ2n) is 4.11. The van der Waals surface area contributed by atoms with Crippen molar-refractivity contribution in [2.24, 2.45) is 0 Å². The van der Waals surface area contributed by atoms with Crippen LogP contribution in [-0.4, -0.2) is 5.78 Å². The molecule has 5 heteroatoms. The molecule has 0 saturated heterocycles. The zero-order chi connectivity index (χ0) is 14.7. The van der Waals surface area contributed by atoms with Gasteiger partial charge in [-0.2, -0.15) is 5.26 Å². The first-order valence-corrected chi connectivity index (χ1v) is 7.22. The molecule has 0 aliphatic rings. The molecule has 2 aromatic carbocycles. The first-order chi connectivity index (χ1) is 9.52. The summed E-state index contributed by atoms with van der Waals surface area (Å²) in [4.78, 5) is 12.5. The van der Waals surface area contributed by atoms with Crippen molar-refractivity contribution >= 4 is 44.9 Å². The summed E-state index contributed by atoms with van der Waals surface area (Å²) < 4.78 is 0.806. The lowest BCUT2D eigenvalue weighted by Crippen LogP contribution is -2.12. The summed E-state index contributed by atoms with van der Waals surface area (Å²) in [6.07, 6.45) is 0. The van der Waals surface area contributed by atoms with Crippen LogP contribution < -0.4 is 0 Å². The van der Waals surface area contributed by atoms with Crippen molar-refractivity contribution in [3.63, 3.8) is 0 Å². The number of Topliss-reactive ketones (excluding diaryl/α,β-unsaturated/α-hetero) is 1. The molecule has 0 aromatic heterocycles. The zero-order valence-corrected chi connectivity index (χ0v) is 13.2. The molecule has 2 aromatic rings. The molecular formula is C15H8BrCl2NO. The van der Waals surface area contributed by atoms with Crippen LogP contribution in [0.2, 0.25) is 10.0 Å². The van der Waals surface area contributed by atoms with Crippen molar-refractivity contribution in [3.05, 3.63) is 68.1 Å². The Balaban J connectivity index is 2.45. The lowest BCUT2D eigenvalue weighted by molar-refractivity contribution is 0.0979. The Morgan fingerprint density at radius 2 is 1.95 bits per heavy atom. The fraction of sp³-hybridized carbons (Fsp3) is 0.0667. The van der Waals surface area contributed by atoms with Gasteiger partial charge in [-0.15, -0.1) is 0 Å². The Labute approximate surface area is 135 Å². The lowest BCUT2D eigenvalue weighted by Gasteiger charge is -2.10. The Hall–Kier alpha value is -1.34. The van der Waals surface area contributed by atoms with Crippen LogP contribution in [0.1, 0.15) is 21.8 Å². The molecular weight excluding hydrogens is 361 g/mol. The molecule has 1 atom stereocenters. The lowest BCUT2D eigenvalue weighted by atomic mass is 9.92. The highest BCUT2D eigenvalue weighted by Gasteiger charge is 2.24. The third-order valence-corrected chi connectivity index (χ3v) is 3.83. The van der Waals surface area contributed by atoms with Crippen molar-refractivity contribution < 1.29 is 4.79 Å². The van der Waals surface area contributed by atoms with E-state index in [1.165, 1.54) is 6.07 Å². The molecule has 0 heterocycles. The van der Waals surface area contributed by atoms with Gasteiger partial charge in [-0.3, -0.25) is 4.79 Å². The minimum atomic E-state index is -0.913. The van der Waals surface area contributed by atoms with E-state index in [1.807, 2.05) is 12.1 Å². The number of rotatable bonds is 3. The Morgan fingerprint density at radius 1 is 1.20 bits per heavy atom. The number of hydrogen-bond donors (Lipinski definition) is 0. The molecule has 0 radical (unpaired) electrons. The van der Waals surface area contributed by atoms with E-state index >= 15 is 0 Å². The van der Waals surface area contributed by atoms with E-state index in [9.17, 15) is 10.1 Å². The molecule has 1 unspecified atom stereocenters. The van der Waals surface area contributed by atoms with Gasteiger partial charge in [0.1, 0.15) is 5.92 Å². The fourth-order valence-electron chi connectivity index (χ4n) is 1.81. The van der Waals surface area contributed by atoms with Gasteiger partial charge in [0, 0.05) is 15.1 Å². The summed E-state index contributed by atoms with van der Waals surface area (Å²) in [6.45, 7) is 0. The second-order valence-corrected chi connectivity index (χ2v) is 5.86. The summed E-state index contributed by atoms with van der Waals surface area (Å²) in [5, 5.41) is 9.99. The highest BCUT2D eigenvalue weighted by Crippen LogP contribution is 2.28. The first-order valence-electron chi connectivity index (χ1n) is 5.67. The third-order valence-electron chi connectivity index (χ3n) is 2.77. The van der Waals surface area contributed by atoms with E-state index in [4.69, 9.17) is 23.2 Å². The van der Waals surface area contributed by atoms with Gasteiger partial charge in [0.2, 0.25) is 0 Å². The smallest absolute Gasteiger partial charge is 0.186 e. The largest absolute Gasteiger partial charge is 0.292 e. The fourth-order valence-corrected chi connectivity index (χ4v) is 2.61. The van der Waals surface area contributed by atoms with Gasteiger partial charge in [0.05, 0.1) is 11.1 Å². The Kier molecular flexibility index (Phi) is 4.82. The van der Waals surface area contributed by atoms with Crippen LogP contribution in [0.15, 0.2) is 46.9 Å². The van der Waals surface area contributed by atoms with Gasteiger partial charge in [0.15, 0.2) is 5.78 Å². The monoisotopic (exact) mass is 367 g/mol. The molecule has 0 aliphatic carbocycles. The summed E-state index contributed by atoms with van der Waals surface area (Å²) in [5.74, 6) is -1.28. The van der Waals surface area contributed by atoms with Crippen molar-refractivity contribution in [2.45, 2.75) is 5.92 Å². The molecule has 0 N–H and O–H groups in total. The average molecular weight is 369 g/mol. The maximum Gasteiger partial charge on any atom is 0.186 e. The molecule has 0 fully saturated rings. The van der Waals surface area contributed by atoms with Gasteiger partial charge < -0.3 is 0 Å². The molecule has 2 rings (SSSR count). The summed E-state index contributed by atoms with van der Waals surface area (Å²) in [6, 6.07) is 13.7. The van der Waals surface area contributed by atoms with E-state index in [1.54, 1.807) is 30.3 Å². The minimum Gasteiger partial charge on any atom is -0.292 e. The molecule has 0 saturated carbocycles. The number of halogens is 3. The summed E-state index contributed by atoms with van der Waals surface area (Å²) in [5.41, 5.74) is 0.869. The van der Waals surface area contributed by atoms with Crippen LogP contribution in [0.5, 0.6) is 0 Å². The predicted molar refractivity (Wildman–Crippen MR) is 83.3 cm³/mol. The first kappa shape index (κ1) is 15.1. The van der Waals surface area contributed by atoms with Gasteiger partial charge >= 0.3 is 0 Å². The molecule has 0 bridgehead atoms. The van der Waals surface area contributed by atoms with Crippen LogP contribution in [0.4, 0.5) is 0 Å². The SMILES string of the molecule is N#CC(C(=O)c1cc(Cl)ccc1Cl)c1cccc(Br)c1. The van der Waals surface area contributed by atoms with E-state index in [0.717, 1.165) is 4.47 Å². The third kappa shape index (κ3) is 3.21. The molecule has 2 nitrogen and oxygen atoms in total. The Bertz CT molecular complexity index is 709. The van der Waals surface area contributed by atoms with Crippen molar-refractivity contribution in [1.82, 2.24) is 0 Å². The predicted octanol–water partition coefficient (Wildman–Crippen LogP) is 5.25.